The average Bonchev–Trinajstić information content (AvgIpc) is 2.97. The molecular formula is C23H25FN4O. The van der Waals surface area contributed by atoms with Crippen LogP contribution in [0, 0.1) is 12.7 Å². The highest BCUT2D eigenvalue weighted by Gasteiger charge is 2.17. The molecule has 0 unspecified atom stereocenters. The molecule has 29 heavy (non-hydrogen) atoms. The molecule has 0 atom stereocenters. The molecule has 0 fully saturated rings. The zero-order valence-corrected chi connectivity index (χ0v) is 16.6. The standard InChI is InChI=1S/C23H25FN4O/c1-16-10-11-18(23-27-26-21-9-3-2-6-14-28(21)23)15-20(16)25-22(29)13-12-17-7-4-5-8-19(17)24/h4-5,7-8,10-11,15H,2-3,6,9,12-14H2,1H3,(H,25,29). The molecule has 1 N–H and O–H groups in total. The first-order valence-electron chi connectivity index (χ1n) is 10.2. The Bertz CT molecular complexity index is 1030. The van der Waals surface area contributed by atoms with Crippen LogP contribution < -0.4 is 5.32 Å². The zero-order valence-electron chi connectivity index (χ0n) is 16.6. The summed E-state index contributed by atoms with van der Waals surface area (Å²) in [7, 11) is 0. The minimum absolute atomic E-state index is 0.131. The second-order valence-electron chi connectivity index (χ2n) is 7.57. The van der Waals surface area contributed by atoms with E-state index in [2.05, 4.69) is 20.1 Å². The topological polar surface area (TPSA) is 59.8 Å². The van der Waals surface area contributed by atoms with E-state index in [9.17, 15) is 9.18 Å². The first-order valence-corrected chi connectivity index (χ1v) is 10.2. The normalized spacial score (nSPS) is 13.6. The van der Waals surface area contributed by atoms with Crippen LogP contribution in [0.2, 0.25) is 0 Å². The number of halogens is 1. The van der Waals surface area contributed by atoms with Crippen molar-refractivity contribution in [2.75, 3.05) is 5.32 Å². The maximum Gasteiger partial charge on any atom is 0.224 e. The highest BCUT2D eigenvalue weighted by molar-refractivity contribution is 5.92. The maximum absolute atomic E-state index is 13.8. The molecule has 0 saturated carbocycles. The Balaban J connectivity index is 1.50. The number of benzene rings is 2. The summed E-state index contributed by atoms with van der Waals surface area (Å²) in [5.74, 6) is 1.48. The molecule has 6 heteroatoms. The van der Waals surface area contributed by atoms with Gasteiger partial charge in [-0.25, -0.2) is 4.39 Å². The van der Waals surface area contributed by atoms with Crippen molar-refractivity contribution in [2.45, 2.75) is 52.0 Å². The summed E-state index contributed by atoms with van der Waals surface area (Å²) in [6.07, 6.45) is 5.04. The highest BCUT2D eigenvalue weighted by atomic mass is 19.1. The van der Waals surface area contributed by atoms with Crippen LogP contribution in [0.15, 0.2) is 42.5 Å². The minimum atomic E-state index is -0.272. The first-order chi connectivity index (χ1) is 14.1. The Morgan fingerprint density at radius 3 is 2.86 bits per heavy atom. The van der Waals surface area contributed by atoms with Crippen LogP contribution in [0.4, 0.5) is 10.1 Å². The number of amides is 1. The molecule has 0 spiro atoms. The third-order valence-electron chi connectivity index (χ3n) is 5.46. The Kier molecular flexibility index (Phi) is 5.69. The van der Waals surface area contributed by atoms with Crippen molar-refractivity contribution < 1.29 is 9.18 Å². The molecule has 1 aliphatic rings. The molecule has 3 aromatic rings. The fourth-order valence-corrected chi connectivity index (χ4v) is 3.76. The summed E-state index contributed by atoms with van der Waals surface area (Å²) in [6, 6.07) is 12.5. The molecule has 1 aliphatic heterocycles. The van der Waals surface area contributed by atoms with Crippen molar-refractivity contribution in [3.63, 3.8) is 0 Å². The number of aryl methyl sites for hydroxylation is 3. The third-order valence-corrected chi connectivity index (χ3v) is 5.46. The van der Waals surface area contributed by atoms with Gasteiger partial charge >= 0.3 is 0 Å². The molecule has 1 aromatic heterocycles. The molecule has 2 aromatic carbocycles. The minimum Gasteiger partial charge on any atom is -0.326 e. The van der Waals surface area contributed by atoms with E-state index < -0.39 is 0 Å². The van der Waals surface area contributed by atoms with Crippen LogP contribution in [0.3, 0.4) is 0 Å². The van der Waals surface area contributed by atoms with Gasteiger partial charge in [0, 0.05) is 30.6 Å². The van der Waals surface area contributed by atoms with Crippen LogP contribution in [0.1, 0.15) is 42.6 Å². The van der Waals surface area contributed by atoms with Gasteiger partial charge in [0.2, 0.25) is 5.91 Å². The summed E-state index contributed by atoms with van der Waals surface area (Å²) in [5, 5.41) is 11.7. The van der Waals surface area contributed by atoms with Gasteiger partial charge in [0.25, 0.3) is 0 Å². The molecule has 5 nitrogen and oxygen atoms in total. The first kappa shape index (κ1) is 19.3. The molecule has 2 heterocycles. The number of carbonyl (C=O) groups is 1. The summed E-state index contributed by atoms with van der Waals surface area (Å²) >= 11 is 0. The lowest BCUT2D eigenvalue weighted by Crippen LogP contribution is -2.13. The second-order valence-corrected chi connectivity index (χ2v) is 7.57. The molecule has 1 amide bonds. The fourth-order valence-electron chi connectivity index (χ4n) is 3.76. The zero-order chi connectivity index (χ0) is 20.2. The van der Waals surface area contributed by atoms with Crippen molar-refractivity contribution in [1.29, 1.82) is 0 Å². The van der Waals surface area contributed by atoms with E-state index in [1.54, 1.807) is 18.2 Å². The monoisotopic (exact) mass is 392 g/mol. The van der Waals surface area contributed by atoms with Gasteiger partial charge in [-0.1, -0.05) is 36.8 Å². The van der Waals surface area contributed by atoms with Crippen molar-refractivity contribution >= 4 is 11.6 Å². The number of nitrogens with one attached hydrogen (secondary N) is 1. The fraction of sp³-hybridized carbons (Fsp3) is 0.348. The molecule has 0 aliphatic carbocycles. The lowest BCUT2D eigenvalue weighted by atomic mass is 10.1. The van der Waals surface area contributed by atoms with Crippen molar-refractivity contribution in [3.8, 4) is 11.4 Å². The Labute approximate surface area is 170 Å². The Morgan fingerprint density at radius 1 is 1.14 bits per heavy atom. The number of fused-ring (bicyclic) bond motifs is 1. The number of rotatable bonds is 5. The van der Waals surface area contributed by atoms with Gasteiger partial charge in [-0.05, 0) is 49.4 Å². The van der Waals surface area contributed by atoms with Crippen LogP contribution in [-0.2, 0) is 24.2 Å². The smallest absolute Gasteiger partial charge is 0.224 e. The lowest BCUT2D eigenvalue weighted by molar-refractivity contribution is -0.116. The van der Waals surface area contributed by atoms with E-state index in [0.717, 1.165) is 54.3 Å². The number of carbonyl (C=O) groups excluding carboxylic acids is 1. The van der Waals surface area contributed by atoms with Gasteiger partial charge in [-0.2, -0.15) is 0 Å². The number of aromatic nitrogens is 3. The lowest BCUT2D eigenvalue weighted by Gasteiger charge is -2.12. The van der Waals surface area contributed by atoms with Crippen LogP contribution in [0.5, 0.6) is 0 Å². The van der Waals surface area contributed by atoms with E-state index in [-0.39, 0.29) is 18.1 Å². The molecule has 0 radical (unpaired) electrons. The van der Waals surface area contributed by atoms with Gasteiger partial charge in [0.05, 0.1) is 0 Å². The predicted molar refractivity (Wildman–Crippen MR) is 111 cm³/mol. The summed E-state index contributed by atoms with van der Waals surface area (Å²) in [5.41, 5.74) is 3.23. The van der Waals surface area contributed by atoms with Gasteiger partial charge in [-0.3, -0.25) is 4.79 Å². The summed E-state index contributed by atoms with van der Waals surface area (Å²) < 4.78 is 16.0. The van der Waals surface area contributed by atoms with Gasteiger partial charge in [0.15, 0.2) is 5.82 Å². The van der Waals surface area contributed by atoms with Crippen LogP contribution in [0.25, 0.3) is 11.4 Å². The largest absolute Gasteiger partial charge is 0.326 e. The number of hydrogen-bond acceptors (Lipinski definition) is 3. The molecule has 4 rings (SSSR count). The Hall–Kier alpha value is -3.02. The van der Waals surface area contributed by atoms with Crippen molar-refractivity contribution in [2.24, 2.45) is 0 Å². The number of anilines is 1. The van der Waals surface area contributed by atoms with Crippen LogP contribution >= 0.6 is 0 Å². The van der Waals surface area contributed by atoms with Crippen molar-refractivity contribution in [1.82, 2.24) is 14.8 Å². The average molecular weight is 392 g/mol. The number of hydrogen-bond donors (Lipinski definition) is 1. The maximum atomic E-state index is 13.8. The van der Waals surface area contributed by atoms with Crippen LogP contribution in [-0.4, -0.2) is 20.7 Å². The van der Waals surface area contributed by atoms with E-state index in [1.807, 2.05) is 25.1 Å². The van der Waals surface area contributed by atoms with Gasteiger partial charge in [-0.15, -0.1) is 10.2 Å². The predicted octanol–water partition coefficient (Wildman–Crippen LogP) is 4.69. The SMILES string of the molecule is Cc1ccc(-c2nnc3n2CCCCC3)cc1NC(=O)CCc1ccccc1F. The van der Waals surface area contributed by atoms with Gasteiger partial charge in [0.1, 0.15) is 11.6 Å². The molecule has 150 valence electrons. The summed E-state index contributed by atoms with van der Waals surface area (Å²) in [4.78, 5) is 12.5. The number of nitrogens with zero attached hydrogens (tertiary/aromatic N) is 3. The van der Waals surface area contributed by atoms with Gasteiger partial charge < -0.3 is 9.88 Å². The Morgan fingerprint density at radius 2 is 2.00 bits per heavy atom. The molecule has 0 bridgehead atoms. The highest BCUT2D eigenvalue weighted by Crippen LogP contribution is 2.27. The summed E-state index contributed by atoms with van der Waals surface area (Å²) in [6.45, 7) is 2.89. The second kappa shape index (κ2) is 8.55. The van der Waals surface area contributed by atoms with Crippen molar-refractivity contribution in [3.05, 3.63) is 65.2 Å². The molecule has 0 saturated heterocycles. The van der Waals surface area contributed by atoms with E-state index in [1.165, 1.54) is 12.5 Å². The third kappa shape index (κ3) is 4.36. The van der Waals surface area contributed by atoms with E-state index >= 15 is 0 Å². The quantitative estimate of drug-likeness (QED) is 0.685. The molecular weight excluding hydrogens is 367 g/mol. The van der Waals surface area contributed by atoms with E-state index in [4.69, 9.17) is 0 Å². The van der Waals surface area contributed by atoms with E-state index in [0.29, 0.717) is 12.0 Å².